The van der Waals surface area contributed by atoms with E-state index in [0.717, 1.165) is 72.4 Å². The Morgan fingerprint density at radius 2 is 1.94 bits per heavy atom. The van der Waals surface area contributed by atoms with E-state index in [1.54, 1.807) is 4.68 Å². The summed E-state index contributed by atoms with van der Waals surface area (Å²) in [5.41, 5.74) is 3.05. The quantitative estimate of drug-likeness (QED) is 0.472. The first-order valence-electron chi connectivity index (χ1n) is 11.4. The predicted octanol–water partition coefficient (Wildman–Crippen LogP) is 4.04. The minimum absolute atomic E-state index is 0.222. The third kappa shape index (κ3) is 3.94. The van der Waals surface area contributed by atoms with E-state index in [1.807, 2.05) is 49.8 Å². The summed E-state index contributed by atoms with van der Waals surface area (Å²) in [6.45, 7) is 3.07. The highest BCUT2D eigenvalue weighted by Crippen LogP contribution is 2.36. The summed E-state index contributed by atoms with van der Waals surface area (Å²) in [5, 5.41) is 18.0. The Hall–Kier alpha value is -3.36. The number of anilines is 1. The Morgan fingerprint density at radius 1 is 1.09 bits per heavy atom. The molecule has 0 aliphatic heterocycles. The van der Waals surface area contributed by atoms with Gasteiger partial charge in [-0.2, -0.15) is 15.3 Å². The van der Waals surface area contributed by atoms with E-state index in [2.05, 4.69) is 38.2 Å². The van der Waals surface area contributed by atoms with Gasteiger partial charge in [0.1, 0.15) is 11.5 Å². The normalized spacial score (nSPS) is 18.8. The van der Waals surface area contributed by atoms with Gasteiger partial charge >= 0.3 is 0 Å². The molecule has 9 heteroatoms. The van der Waals surface area contributed by atoms with Crippen molar-refractivity contribution in [2.75, 3.05) is 12.4 Å². The van der Waals surface area contributed by atoms with Crippen LogP contribution in [0.15, 0.2) is 37.1 Å². The lowest BCUT2D eigenvalue weighted by Gasteiger charge is -2.29. The van der Waals surface area contributed by atoms with Crippen LogP contribution < -0.4 is 10.1 Å². The van der Waals surface area contributed by atoms with Crippen molar-refractivity contribution < 1.29 is 4.74 Å². The molecule has 1 aliphatic rings. The third-order valence-electron chi connectivity index (χ3n) is 6.18. The highest BCUT2D eigenvalue weighted by molar-refractivity contribution is 5.93. The van der Waals surface area contributed by atoms with E-state index in [1.165, 1.54) is 0 Å². The second-order valence-electron chi connectivity index (χ2n) is 8.52. The molecule has 0 spiro atoms. The van der Waals surface area contributed by atoms with Crippen molar-refractivity contribution in [3.05, 3.63) is 37.1 Å². The van der Waals surface area contributed by atoms with Crippen LogP contribution in [0.25, 0.3) is 22.2 Å². The van der Waals surface area contributed by atoms with Crippen LogP contribution in [0, 0.1) is 0 Å². The number of aryl methyl sites for hydroxylation is 2. The molecule has 0 saturated heterocycles. The van der Waals surface area contributed by atoms with E-state index in [9.17, 15) is 0 Å². The fourth-order valence-corrected chi connectivity index (χ4v) is 4.56. The van der Waals surface area contributed by atoms with Crippen LogP contribution in [-0.4, -0.2) is 47.5 Å². The molecule has 1 N–H and O–H groups in total. The Bertz CT molecular complexity index is 1200. The Morgan fingerprint density at radius 3 is 2.66 bits per heavy atom. The lowest BCUT2D eigenvalue weighted by atomic mass is 9.93. The SMILES string of the molecule is CCCn1cc(OC2CCC(n3nc(-c4cnn(C)c4)c4cnc(NC)cc43)CC2)cn1. The summed E-state index contributed by atoms with van der Waals surface area (Å²) >= 11 is 0. The minimum atomic E-state index is 0.222. The first kappa shape index (κ1) is 20.5. The van der Waals surface area contributed by atoms with Gasteiger partial charge in [0.05, 0.1) is 36.3 Å². The van der Waals surface area contributed by atoms with E-state index in [0.29, 0.717) is 6.04 Å². The average Bonchev–Trinajstić information content (AvgIpc) is 3.53. The molecular formula is C23H30N8O. The number of fused-ring (bicyclic) bond motifs is 1. The summed E-state index contributed by atoms with van der Waals surface area (Å²) in [6, 6.07) is 2.42. The molecule has 0 radical (unpaired) electrons. The lowest BCUT2D eigenvalue weighted by Crippen LogP contribution is -2.26. The monoisotopic (exact) mass is 434 g/mol. The van der Waals surface area contributed by atoms with E-state index < -0.39 is 0 Å². The molecule has 0 amide bonds. The molecule has 0 aromatic carbocycles. The molecule has 5 rings (SSSR count). The van der Waals surface area contributed by atoms with Crippen LogP contribution in [0.4, 0.5) is 5.82 Å². The molecule has 0 bridgehead atoms. The third-order valence-corrected chi connectivity index (χ3v) is 6.18. The van der Waals surface area contributed by atoms with Crippen molar-refractivity contribution in [2.45, 2.75) is 57.7 Å². The number of pyridine rings is 1. The number of hydrogen-bond acceptors (Lipinski definition) is 6. The smallest absolute Gasteiger partial charge is 0.157 e. The molecule has 1 aliphatic carbocycles. The molecule has 0 atom stereocenters. The Kier molecular flexibility index (Phi) is 5.55. The fraction of sp³-hybridized carbons (Fsp3) is 0.478. The van der Waals surface area contributed by atoms with Gasteiger partial charge in [-0.25, -0.2) is 4.98 Å². The van der Waals surface area contributed by atoms with Crippen molar-refractivity contribution in [1.82, 2.24) is 34.3 Å². The maximum atomic E-state index is 6.22. The zero-order valence-corrected chi connectivity index (χ0v) is 18.9. The lowest BCUT2D eigenvalue weighted by molar-refractivity contribution is 0.131. The van der Waals surface area contributed by atoms with Gasteiger partial charge < -0.3 is 10.1 Å². The Labute approximate surface area is 187 Å². The molecule has 32 heavy (non-hydrogen) atoms. The summed E-state index contributed by atoms with van der Waals surface area (Å²) in [5.74, 6) is 1.72. The summed E-state index contributed by atoms with van der Waals surface area (Å²) in [4.78, 5) is 4.53. The number of ether oxygens (including phenoxy) is 1. The van der Waals surface area contributed by atoms with Crippen LogP contribution in [0.3, 0.4) is 0 Å². The fourth-order valence-electron chi connectivity index (χ4n) is 4.56. The second kappa shape index (κ2) is 8.64. The summed E-state index contributed by atoms with van der Waals surface area (Å²) < 4.78 is 12.2. The maximum Gasteiger partial charge on any atom is 0.157 e. The van der Waals surface area contributed by atoms with E-state index >= 15 is 0 Å². The van der Waals surface area contributed by atoms with Crippen LogP contribution in [0.5, 0.6) is 5.75 Å². The molecule has 4 aromatic rings. The molecule has 4 heterocycles. The number of hydrogen-bond donors (Lipinski definition) is 1. The van der Waals surface area contributed by atoms with Crippen LogP contribution in [0.2, 0.25) is 0 Å². The van der Waals surface area contributed by atoms with Crippen molar-refractivity contribution in [3.8, 4) is 17.0 Å². The second-order valence-corrected chi connectivity index (χ2v) is 8.52. The molecule has 1 saturated carbocycles. The molecule has 1 fully saturated rings. The topological polar surface area (TPSA) is 87.6 Å². The van der Waals surface area contributed by atoms with Crippen molar-refractivity contribution >= 4 is 16.7 Å². The highest BCUT2D eigenvalue weighted by Gasteiger charge is 2.27. The summed E-state index contributed by atoms with van der Waals surface area (Å²) in [7, 11) is 3.81. The van der Waals surface area contributed by atoms with Gasteiger partial charge in [0.15, 0.2) is 5.75 Å². The van der Waals surface area contributed by atoms with Crippen LogP contribution in [0.1, 0.15) is 45.1 Å². The first-order chi connectivity index (χ1) is 15.6. The van der Waals surface area contributed by atoms with E-state index in [-0.39, 0.29) is 6.10 Å². The maximum absolute atomic E-state index is 6.22. The van der Waals surface area contributed by atoms with Gasteiger partial charge in [-0.05, 0) is 32.1 Å². The van der Waals surface area contributed by atoms with Crippen molar-refractivity contribution in [1.29, 1.82) is 0 Å². The number of nitrogens with zero attached hydrogens (tertiary/aromatic N) is 7. The van der Waals surface area contributed by atoms with Gasteiger partial charge in [-0.15, -0.1) is 0 Å². The van der Waals surface area contributed by atoms with Gasteiger partial charge in [-0.3, -0.25) is 14.0 Å². The molecular weight excluding hydrogens is 404 g/mol. The molecule has 0 unspecified atom stereocenters. The van der Waals surface area contributed by atoms with Crippen molar-refractivity contribution in [2.24, 2.45) is 7.05 Å². The average molecular weight is 435 g/mol. The molecule has 9 nitrogen and oxygen atoms in total. The molecule has 4 aromatic heterocycles. The first-order valence-corrected chi connectivity index (χ1v) is 11.4. The van der Waals surface area contributed by atoms with Crippen LogP contribution >= 0.6 is 0 Å². The van der Waals surface area contributed by atoms with E-state index in [4.69, 9.17) is 9.84 Å². The Balaban J connectivity index is 1.36. The van der Waals surface area contributed by atoms with Crippen LogP contribution in [-0.2, 0) is 13.6 Å². The zero-order valence-electron chi connectivity index (χ0n) is 18.9. The number of rotatable bonds is 7. The van der Waals surface area contributed by atoms with Gasteiger partial charge in [-0.1, -0.05) is 6.92 Å². The number of nitrogens with one attached hydrogen (secondary N) is 1. The standard InChI is InChI=1S/C23H30N8O/c1-4-9-30-15-19(12-27-30)32-18-7-5-17(6-8-18)31-21-10-22(24-2)25-13-20(21)23(28-31)16-11-26-29(3)14-16/h10-15,17-18H,4-9H2,1-3H3,(H,24,25). The zero-order chi connectivity index (χ0) is 22.1. The van der Waals surface area contributed by atoms with Gasteiger partial charge in [0.2, 0.25) is 0 Å². The summed E-state index contributed by atoms with van der Waals surface area (Å²) in [6.07, 6.45) is 14.9. The van der Waals surface area contributed by atoms with Crippen molar-refractivity contribution in [3.63, 3.8) is 0 Å². The van der Waals surface area contributed by atoms with Gasteiger partial charge in [0, 0.05) is 50.0 Å². The van der Waals surface area contributed by atoms with Gasteiger partial charge in [0.25, 0.3) is 0 Å². The highest BCUT2D eigenvalue weighted by atomic mass is 16.5. The molecule has 168 valence electrons. The number of aromatic nitrogens is 7. The largest absolute Gasteiger partial charge is 0.487 e. The predicted molar refractivity (Wildman–Crippen MR) is 124 cm³/mol. The minimum Gasteiger partial charge on any atom is -0.487 e.